The molecule has 0 aliphatic heterocycles. The first-order chi connectivity index (χ1) is 12.1. The van der Waals surface area contributed by atoms with Gasteiger partial charge in [-0.05, 0) is 18.1 Å². The van der Waals surface area contributed by atoms with Gasteiger partial charge >= 0.3 is 5.56 Å². The molecule has 1 amide bonds. The number of aryl methyl sites for hydroxylation is 1. The third-order valence-corrected chi connectivity index (χ3v) is 3.56. The predicted molar refractivity (Wildman–Crippen MR) is 94.6 cm³/mol. The molecule has 0 aliphatic carbocycles. The Hall–Kier alpha value is -3.48. The minimum absolute atomic E-state index is 0.225. The maximum atomic E-state index is 12.2. The van der Waals surface area contributed by atoms with Crippen LogP contribution >= 0.6 is 0 Å². The van der Waals surface area contributed by atoms with Gasteiger partial charge in [0.1, 0.15) is 0 Å². The summed E-state index contributed by atoms with van der Waals surface area (Å²) in [6.45, 7) is 2.30. The van der Waals surface area contributed by atoms with Gasteiger partial charge in [0, 0.05) is 6.54 Å². The predicted octanol–water partition coefficient (Wildman–Crippen LogP) is 1.69. The molecule has 0 bridgehead atoms. The number of hydrogen-bond acceptors (Lipinski definition) is 4. The van der Waals surface area contributed by atoms with Crippen LogP contribution in [0.1, 0.15) is 27.2 Å². The normalized spacial score (nSPS) is 10.9. The third kappa shape index (κ3) is 4.08. The summed E-state index contributed by atoms with van der Waals surface area (Å²) >= 11 is 0. The highest BCUT2D eigenvalue weighted by atomic mass is 16.2. The lowest BCUT2D eigenvalue weighted by molar-refractivity contribution is 0.0944. The number of aromatic nitrogens is 3. The van der Waals surface area contributed by atoms with E-state index < -0.39 is 11.5 Å². The quantitative estimate of drug-likeness (QED) is 0.695. The largest absolute Gasteiger partial charge is 0.346 e. The molecule has 7 heteroatoms. The molecule has 0 spiro atoms. The topological polar surface area (TPSA) is 92.1 Å². The van der Waals surface area contributed by atoms with E-state index >= 15 is 0 Å². The van der Waals surface area contributed by atoms with Gasteiger partial charge in [0.25, 0.3) is 5.91 Å². The molecule has 0 fully saturated rings. The zero-order valence-corrected chi connectivity index (χ0v) is 13.6. The fourth-order valence-corrected chi connectivity index (χ4v) is 2.16. The van der Waals surface area contributed by atoms with E-state index in [9.17, 15) is 9.59 Å². The van der Waals surface area contributed by atoms with Crippen molar-refractivity contribution < 1.29 is 4.79 Å². The number of benzene rings is 2. The molecule has 126 valence electrons. The van der Waals surface area contributed by atoms with Crippen molar-refractivity contribution in [3.8, 4) is 0 Å². The number of H-pyrrole nitrogens is 1. The molecule has 7 nitrogen and oxygen atoms in total. The third-order valence-electron chi connectivity index (χ3n) is 3.56. The van der Waals surface area contributed by atoms with Crippen LogP contribution in [-0.4, -0.2) is 27.2 Å². The van der Waals surface area contributed by atoms with E-state index in [1.165, 1.54) is 6.21 Å². The van der Waals surface area contributed by atoms with E-state index in [4.69, 9.17) is 0 Å². The zero-order valence-electron chi connectivity index (χ0n) is 13.6. The summed E-state index contributed by atoms with van der Waals surface area (Å²) in [5.41, 5.74) is 2.07. The minimum atomic E-state index is -0.603. The summed E-state index contributed by atoms with van der Waals surface area (Å²) in [5, 5.41) is 12.9. The standard InChI is InChI=1S/C18H17N5O2/c1-13-7-9-15(10-8-13)12-20-23-18(25)16(21-22-23)17(24)19-11-14-5-3-2-4-6-14/h2-10,12,22H,11H2,1H3,(H,19,24). The number of nitrogens with zero attached hydrogens (tertiary/aromatic N) is 3. The molecule has 0 aliphatic rings. The van der Waals surface area contributed by atoms with Crippen LogP contribution in [0.5, 0.6) is 0 Å². The lowest BCUT2D eigenvalue weighted by atomic mass is 10.2. The number of carbonyl (C=O) groups is 1. The number of amides is 1. The lowest BCUT2D eigenvalue weighted by Gasteiger charge is -2.01. The van der Waals surface area contributed by atoms with Crippen molar-refractivity contribution in [3.63, 3.8) is 0 Å². The van der Waals surface area contributed by atoms with Gasteiger partial charge < -0.3 is 5.32 Å². The first kappa shape index (κ1) is 16.4. The molecule has 0 saturated heterocycles. The van der Waals surface area contributed by atoms with Gasteiger partial charge in [0.2, 0.25) is 5.69 Å². The Morgan fingerprint density at radius 2 is 1.92 bits per heavy atom. The van der Waals surface area contributed by atoms with Gasteiger partial charge in [-0.25, -0.2) is 0 Å². The highest BCUT2D eigenvalue weighted by Gasteiger charge is 2.16. The maximum absolute atomic E-state index is 12.2. The molecule has 3 aromatic rings. The van der Waals surface area contributed by atoms with Gasteiger partial charge in [-0.2, -0.15) is 10.3 Å². The molecule has 3 rings (SSSR count). The van der Waals surface area contributed by atoms with E-state index in [1.807, 2.05) is 61.5 Å². The molecular weight excluding hydrogens is 318 g/mol. The van der Waals surface area contributed by atoms with Crippen LogP contribution < -0.4 is 10.9 Å². The van der Waals surface area contributed by atoms with Crippen LogP contribution in [0.15, 0.2) is 64.5 Å². The average Bonchev–Trinajstić information content (AvgIpc) is 3.01. The Morgan fingerprint density at radius 3 is 2.64 bits per heavy atom. The molecule has 1 heterocycles. The highest BCUT2D eigenvalue weighted by molar-refractivity contribution is 5.91. The van der Waals surface area contributed by atoms with Gasteiger partial charge in [0.05, 0.1) is 6.21 Å². The fraction of sp³-hybridized carbons (Fsp3) is 0.111. The van der Waals surface area contributed by atoms with Crippen molar-refractivity contribution in [1.82, 2.24) is 20.4 Å². The molecule has 2 N–H and O–H groups in total. The van der Waals surface area contributed by atoms with Crippen LogP contribution in [0, 0.1) is 6.92 Å². The van der Waals surface area contributed by atoms with Crippen LogP contribution in [-0.2, 0) is 6.54 Å². The van der Waals surface area contributed by atoms with Gasteiger partial charge in [-0.15, -0.1) is 9.89 Å². The van der Waals surface area contributed by atoms with Crippen molar-refractivity contribution >= 4 is 12.1 Å². The molecular formula is C18H17N5O2. The fourth-order valence-electron chi connectivity index (χ4n) is 2.16. The second kappa shape index (κ2) is 7.39. The summed E-state index contributed by atoms with van der Waals surface area (Å²) in [6.07, 6.45) is 1.52. The molecule has 2 aromatic carbocycles. The molecule has 0 unspecified atom stereocenters. The van der Waals surface area contributed by atoms with E-state index in [2.05, 4.69) is 20.7 Å². The number of carbonyl (C=O) groups excluding carboxylic acids is 1. The van der Waals surface area contributed by atoms with E-state index in [-0.39, 0.29) is 5.69 Å². The summed E-state index contributed by atoms with van der Waals surface area (Å²) in [6, 6.07) is 17.1. The number of nitrogens with one attached hydrogen (secondary N) is 2. The van der Waals surface area contributed by atoms with Crippen molar-refractivity contribution in [1.29, 1.82) is 0 Å². The van der Waals surface area contributed by atoms with Crippen molar-refractivity contribution in [3.05, 3.63) is 87.3 Å². The van der Waals surface area contributed by atoms with Crippen LogP contribution in [0.4, 0.5) is 0 Å². The van der Waals surface area contributed by atoms with E-state index in [0.717, 1.165) is 21.5 Å². The van der Waals surface area contributed by atoms with E-state index in [1.54, 1.807) is 0 Å². The summed E-state index contributed by atoms with van der Waals surface area (Å²) < 4.78 is 0. The minimum Gasteiger partial charge on any atom is -0.346 e. The van der Waals surface area contributed by atoms with Gasteiger partial charge in [-0.3, -0.25) is 9.59 Å². The second-order valence-corrected chi connectivity index (χ2v) is 5.50. The number of rotatable bonds is 5. The second-order valence-electron chi connectivity index (χ2n) is 5.50. The SMILES string of the molecule is Cc1ccc(C=Nn2[nH]nc(C(=O)NCc3ccccc3)c2=O)cc1. The van der Waals surface area contributed by atoms with Gasteiger partial charge in [0.15, 0.2) is 0 Å². The van der Waals surface area contributed by atoms with Gasteiger partial charge in [-0.1, -0.05) is 60.2 Å². The molecule has 1 aromatic heterocycles. The average molecular weight is 335 g/mol. The summed E-state index contributed by atoms with van der Waals surface area (Å²) in [5.74, 6) is -0.547. The lowest BCUT2D eigenvalue weighted by Crippen LogP contribution is -2.29. The monoisotopic (exact) mass is 335 g/mol. The summed E-state index contributed by atoms with van der Waals surface area (Å²) in [7, 11) is 0. The molecule has 0 saturated carbocycles. The molecule has 0 radical (unpaired) electrons. The Balaban J connectivity index is 1.69. The Labute approximate surface area is 144 Å². The van der Waals surface area contributed by atoms with Crippen molar-refractivity contribution in [2.24, 2.45) is 5.10 Å². The summed E-state index contributed by atoms with van der Waals surface area (Å²) in [4.78, 5) is 25.2. The zero-order chi connectivity index (χ0) is 17.6. The highest BCUT2D eigenvalue weighted by Crippen LogP contribution is 2.00. The van der Waals surface area contributed by atoms with Crippen molar-refractivity contribution in [2.75, 3.05) is 0 Å². The number of hydrogen-bond donors (Lipinski definition) is 2. The Kier molecular flexibility index (Phi) is 4.84. The Bertz CT molecular complexity index is 940. The molecule has 25 heavy (non-hydrogen) atoms. The van der Waals surface area contributed by atoms with Crippen LogP contribution in [0.3, 0.4) is 0 Å². The number of aromatic amines is 1. The maximum Gasteiger partial charge on any atom is 0.320 e. The first-order valence-corrected chi connectivity index (χ1v) is 7.74. The first-order valence-electron chi connectivity index (χ1n) is 7.74. The van der Waals surface area contributed by atoms with Crippen LogP contribution in [0.25, 0.3) is 0 Å². The Morgan fingerprint density at radius 1 is 1.20 bits per heavy atom. The van der Waals surface area contributed by atoms with E-state index in [0.29, 0.717) is 6.54 Å². The van der Waals surface area contributed by atoms with Crippen LogP contribution in [0.2, 0.25) is 0 Å². The van der Waals surface area contributed by atoms with Crippen molar-refractivity contribution in [2.45, 2.75) is 13.5 Å². The molecule has 0 atom stereocenters. The smallest absolute Gasteiger partial charge is 0.320 e.